The van der Waals surface area contributed by atoms with Gasteiger partial charge in [0.25, 0.3) is 0 Å². The Kier molecular flexibility index (Phi) is 4.35. The molecule has 0 spiro atoms. The highest BCUT2D eigenvalue weighted by atomic mass is 32.2. The Balaban J connectivity index is 1.72. The Bertz CT molecular complexity index is 337. The van der Waals surface area contributed by atoms with Gasteiger partial charge in [0.05, 0.1) is 0 Å². The molecule has 1 heterocycles. The van der Waals surface area contributed by atoms with Crippen molar-refractivity contribution in [2.45, 2.75) is 56.4 Å². The molecule has 1 saturated carbocycles. The molecule has 1 aliphatic heterocycles. The van der Waals surface area contributed by atoms with Crippen LogP contribution in [0.4, 0.5) is 4.79 Å². The summed E-state index contributed by atoms with van der Waals surface area (Å²) < 4.78 is 5.89. The number of ether oxygens (including phenoxy) is 1. The highest BCUT2D eigenvalue weighted by molar-refractivity contribution is 8.00. The number of amides is 1. The molecule has 0 aromatic rings. The van der Waals surface area contributed by atoms with Gasteiger partial charge in [0, 0.05) is 30.4 Å². The zero-order chi connectivity index (χ0) is 14.1. The molecule has 2 fully saturated rings. The first-order chi connectivity index (χ1) is 8.84. The number of carbonyl (C=O) groups is 1. The zero-order valence-corrected chi connectivity index (χ0v) is 13.3. The highest BCUT2D eigenvalue weighted by Gasteiger charge is 2.42. The number of likely N-dealkylation sites (tertiary alicyclic amines) is 1. The van der Waals surface area contributed by atoms with Crippen LogP contribution >= 0.6 is 11.8 Å². The second-order valence-corrected chi connectivity index (χ2v) is 7.95. The van der Waals surface area contributed by atoms with Crippen molar-refractivity contribution in [2.75, 3.05) is 25.9 Å². The van der Waals surface area contributed by atoms with Gasteiger partial charge in [-0.15, -0.1) is 0 Å². The minimum absolute atomic E-state index is 0.178. The molecule has 5 heteroatoms. The van der Waals surface area contributed by atoms with E-state index in [4.69, 9.17) is 4.74 Å². The first-order valence-corrected chi connectivity index (χ1v) is 8.32. The maximum absolute atomic E-state index is 11.9. The highest BCUT2D eigenvalue weighted by Crippen LogP contribution is 2.46. The average molecular weight is 286 g/mol. The molecule has 1 unspecified atom stereocenters. The molecule has 0 bridgehead atoms. The maximum Gasteiger partial charge on any atom is 0.410 e. The smallest absolute Gasteiger partial charge is 0.410 e. The maximum atomic E-state index is 11.9. The number of hydrogen-bond donors (Lipinski definition) is 1. The van der Waals surface area contributed by atoms with E-state index in [0.717, 1.165) is 26.1 Å². The molecular formula is C14H26N2O2S. The summed E-state index contributed by atoms with van der Waals surface area (Å²) in [4.78, 5) is 13.8. The standard InChI is InChI=1S/C14H26N2O2S/c1-13(2,3)18-12(17)16-8-5-11(9-16)15-10-14(19-4)6-7-14/h11,15H,5-10H2,1-4H3. The first kappa shape index (κ1) is 15.0. The fraction of sp³-hybridized carbons (Fsp3) is 0.929. The van der Waals surface area contributed by atoms with Crippen LogP contribution in [0.1, 0.15) is 40.0 Å². The normalized spacial score (nSPS) is 25.5. The van der Waals surface area contributed by atoms with Crippen LogP contribution in [0.25, 0.3) is 0 Å². The molecule has 1 atom stereocenters. The fourth-order valence-corrected chi connectivity index (χ4v) is 3.08. The lowest BCUT2D eigenvalue weighted by Crippen LogP contribution is -2.40. The van der Waals surface area contributed by atoms with E-state index in [-0.39, 0.29) is 6.09 Å². The molecule has 4 nitrogen and oxygen atoms in total. The van der Waals surface area contributed by atoms with Crippen LogP contribution in [0.15, 0.2) is 0 Å². The van der Waals surface area contributed by atoms with E-state index >= 15 is 0 Å². The van der Waals surface area contributed by atoms with Crippen molar-refractivity contribution in [3.63, 3.8) is 0 Å². The van der Waals surface area contributed by atoms with Crippen molar-refractivity contribution in [1.82, 2.24) is 10.2 Å². The van der Waals surface area contributed by atoms with Gasteiger partial charge in [0.2, 0.25) is 0 Å². The summed E-state index contributed by atoms with van der Waals surface area (Å²) in [5.74, 6) is 0. The predicted octanol–water partition coefficient (Wildman–Crippen LogP) is 2.48. The molecule has 0 radical (unpaired) electrons. The molecule has 110 valence electrons. The van der Waals surface area contributed by atoms with Crippen LogP contribution in [0.2, 0.25) is 0 Å². The molecule has 1 saturated heterocycles. The second-order valence-electron chi connectivity index (χ2n) is 6.68. The largest absolute Gasteiger partial charge is 0.444 e. The summed E-state index contributed by atoms with van der Waals surface area (Å²) in [5.41, 5.74) is -0.403. The van der Waals surface area contributed by atoms with Crippen LogP contribution in [0, 0.1) is 0 Å². The van der Waals surface area contributed by atoms with Crippen molar-refractivity contribution in [3.05, 3.63) is 0 Å². The van der Waals surface area contributed by atoms with Crippen molar-refractivity contribution >= 4 is 17.9 Å². The minimum Gasteiger partial charge on any atom is -0.444 e. The van der Waals surface area contributed by atoms with Crippen molar-refractivity contribution in [3.8, 4) is 0 Å². The Hall–Kier alpha value is -0.420. The molecule has 1 amide bonds. The molecular weight excluding hydrogens is 260 g/mol. The predicted molar refractivity (Wildman–Crippen MR) is 79.7 cm³/mol. The van der Waals surface area contributed by atoms with Crippen LogP contribution in [-0.4, -0.2) is 53.3 Å². The van der Waals surface area contributed by atoms with Gasteiger partial charge in [-0.3, -0.25) is 0 Å². The first-order valence-electron chi connectivity index (χ1n) is 7.10. The molecule has 0 aromatic heterocycles. The van der Waals surface area contributed by atoms with E-state index in [9.17, 15) is 4.79 Å². The number of hydrogen-bond acceptors (Lipinski definition) is 4. The van der Waals surface area contributed by atoms with Crippen molar-refractivity contribution in [1.29, 1.82) is 0 Å². The minimum atomic E-state index is -0.403. The van der Waals surface area contributed by atoms with E-state index in [2.05, 4.69) is 11.6 Å². The van der Waals surface area contributed by atoms with Crippen molar-refractivity contribution < 1.29 is 9.53 Å². The SMILES string of the molecule is CSC1(CNC2CCN(C(=O)OC(C)(C)C)C2)CC1. The van der Waals surface area contributed by atoms with E-state index in [1.54, 1.807) is 0 Å². The quantitative estimate of drug-likeness (QED) is 0.862. The van der Waals surface area contributed by atoms with E-state index < -0.39 is 5.60 Å². The summed E-state index contributed by atoms with van der Waals surface area (Å²) in [7, 11) is 0. The lowest BCUT2D eigenvalue weighted by atomic mass is 10.2. The number of thioether (sulfide) groups is 1. The van der Waals surface area contributed by atoms with Crippen molar-refractivity contribution in [2.24, 2.45) is 0 Å². The van der Waals surface area contributed by atoms with Gasteiger partial charge < -0.3 is 15.0 Å². The fourth-order valence-electron chi connectivity index (χ4n) is 2.34. The van der Waals surface area contributed by atoms with E-state index in [1.165, 1.54) is 12.8 Å². The molecule has 19 heavy (non-hydrogen) atoms. The second kappa shape index (κ2) is 5.52. The van der Waals surface area contributed by atoms with Gasteiger partial charge in [0.1, 0.15) is 5.60 Å². The molecule has 2 rings (SSSR count). The summed E-state index contributed by atoms with van der Waals surface area (Å²) in [6.45, 7) is 8.38. The molecule has 1 N–H and O–H groups in total. The Labute approximate surface area is 120 Å². The Morgan fingerprint density at radius 3 is 2.68 bits per heavy atom. The van der Waals surface area contributed by atoms with Gasteiger partial charge in [-0.1, -0.05) is 0 Å². The summed E-state index contributed by atoms with van der Waals surface area (Å²) in [5, 5.41) is 3.61. The molecule has 0 aromatic carbocycles. The lowest BCUT2D eigenvalue weighted by Gasteiger charge is -2.24. The van der Waals surface area contributed by atoms with E-state index in [0.29, 0.717) is 10.8 Å². The van der Waals surface area contributed by atoms with Crippen LogP contribution in [0.3, 0.4) is 0 Å². The third kappa shape index (κ3) is 4.28. The van der Waals surface area contributed by atoms with Crippen LogP contribution in [0.5, 0.6) is 0 Å². The van der Waals surface area contributed by atoms with Crippen LogP contribution < -0.4 is 5.32 Å². The van der Waals surface area contributed by atoms with Gasteiger partial charge in [-0.2, -0.15) is 11.8 Å². The number of nitrogens with one attached hydrogen (secondary N) is 1. The monoisotopic (exact) mass is 286 g/mol. The van der Waals surface area contributed by atoms with E-state index in [1.807, 2.05) is 37.4 Å². The Morgan fingerprint density at radius 1 is 1.47 bits per heavy atom. The number of carbonyl (C=O) groups excluding carboxylic acids is 1. The number of nitrogens with zero attached hydrogens (tertiary/aromatic N) is 1. The average Bonchev–Trinajstić information content (AvgIpc) is 2.94. The van der Waals surface area contributed by atoms with Gasteiger partial charge in [-0.05, 0) is 46.3 Å². The third-order valence-electron chi connectivity index (χ3n) is 3.79. The molecule has 2 aliphatic rings. The van der Waals surface area contributed by atoms with Crippen LogP contribution in [-0.2, 0) is 4.74 Å². The molecule has 1 aliphatic carbocycles. The third-order valence-corrected chi connectivity index (χ3v) is 5.21. The van der Waals surface area contributed by atoms with Gasteiger partial charge in [0.15, 0.2) is 0 Å². The number of rotatable bonds is 4. The Morgan fingerprint density at radius 2 is 2.16 bits per heavy atom. The van der Waals surface area contributed by atoms with Gasteiger partial charge >= 0.3 is 6.09 Å². The zero-order valence-electron chi connectivity index (χ0n) is 12.5. The summed E-state index contributed by atoms with van der Waals surface area (Å²) >= 11 is 1.97. The summed E-state index contributed by atoms with van der Waals surface area (Å²) in [6, 6.07) is 0.428. The lowest BCUT2D eigenvalue weighted by molar-refractivity contribution is 0.0291. The topological polar surface area (TPSA) is 41.6 Å². The van der Waals surface area contributed by atoms with Gasteiger partial charge in [-0.25, -0.2) is 4.79 Å². The summed E-state index contributed by atoms with van der Waals surface area (Å²) in [6.07, 6.45) is 5.69.